The van der Waals surface area contributed by atoms with Crippen molar-refractivity contribution in [2.24, 2.45) is 0 Å². The van der Waals surface area contributed by atoms with Crippen molar-refractivity contribution in [2.45, 2.75) is 0 Å². The standard InChI is InChI=1S/C17H15N5O2/c18-11-13-15(14-7-4-9-23-14)21-17(19)22-16(13)24-10-8-20-12-5-2-1-3-6-12/h1-7,9,20H,8,10H2,(H2,19,21,22). The first-order chi connectivity index (χ1) is 11.8. The molecule has 0 unspecified atom stereocenters. The topological polar surface area (TPSA) is 110 Å². The van der Waals surface area contributed by atoms with Gasteiger partial charge in [-0.3, -0.25) is 0 Å². The highest BCUT2D eigenvalue weighted by Crippen LogP contribution is 2.28. The highest BCUT2D eigenvalue weighted by Gasteiger charge is 2.18. The van der Waals surface area contributed by atoms with Gasteiger partial charge in [0, 0.05) is 12.2 Å². The molecule has 0 amide bonds. The van der Waals surface area contributed by atoms with Gasteiger partial charge in [-0.2, -0.15) is 10.2 Å². The molecule has 2 heterocycles. The highest BCUT2D eigenvalue weighted by molar-refractivity contribution is 5.66. The molecule has 0 aliphatic heterocycles. The number of furan rings is 1. The number of nitrogens with zero attached hydrogens (tertiary/aromatic N) is 3. The third-order valence-electron chi connectivity index (χ3n) is 3.20. The molecular weight excluding hydrogens is 306 g/mol. The van der Waals surface area contributed by atoms with Crippen LogP contribution in [0.2, 0.25) is 0 Å². The molecule has 0 fully saturated rings. The summed E-state index contributed by atoms with van der Waals surface area (Å²) in [4.78, 5) is 8.09. The van der Waals surface area contributed by atoms with Gasteiger partial charge in [-0.05, 0) is 24.3 Å². The number of aromatic nitrogens is 2. The smallest absolute Gasteiger partial charge is 0.237 e. The first-order valence-electron chi connectivity index (χ1n) is 7.31. The van der Waals surface area contributed by atoms with Crippen molar-refractivity contribution in [1.29, 1.82) is 5.26 Å². The molecule has 0 aliphatic rings. The van der Waals surface area contributed by atoms with Crippen molar-refractivity contribution < 1.29 is 9.15 Å². The Bertz CT molecular complexity index is 841. The molecule has 3 rings (SSSR count). The molecule has 0 bridgehead atoms. The lowest BCUT2D eigenvalue weighted by molar-refractivity contribution is 0.319. The van der Waals surface area contributed by atoms with E-state index in [0.717, 1.165) is 5.69 Å². The van der Waals surface area contributed by atoms with E-state index >= 15 is 0 Å². The molecule has 0 atom stereocenters. The lowest BCUT2D eigenvalue weighted by Crippen LogP contribution is -2.13. The van der Waals surface area contributed by atoms with Gasteiger partial charge in [-0.1, -0.05) is 18.2 Å². The van der Waals surface area contributed by atoms with E-state index in [1.165, 1.54) is 6.26 Å². The number of nitrogens with two attached hydrogens (primary N) is 1. The summed E-state index contributed by atoms with van der Waals surface area (Å²) in [6.07, 6.45) is 1.50. The number of nitrogens with one attached hydrogen (secondary N) is 1. The van der Waals surface area contributed by atoms with Gasteiger partial charge in [-0.15, -0.1) is 0 Å². The van der Waals surface area contributed by atoms with Crippen molar-refractivity contribution in [1.82, 2.24) is 9.97 Å². The van der Waals surface area contributed by atoms with E-state index in [9.17, 15) is 5.26 Å². The van der Waals surface area contributed by atoms with E-state index in [1.54, 1.807) is 12.1 Å². The fourth-order valence-electron chi connectivity index (χ4n) is 2.15. The Balaban J connectivity index is 1.72. The second-order valence-electron chi connectivity index (χ2n) is 4.84. The Labute approximate surface area is 138 Å². The number of nitrogen functional groups attached to an aromatic ring is 1. The quantitative estimate of drug-likeness (QED) is 0.671. The van der Waals surface area contributed by atoms with Crippen LogP contribution in [0.3, 0.4) is 0 Å². The number of hydrogen-bond acceptors (Lipinski definition) is 7. The summed E-state index contributed by atoms with van der Waals surface area (Å²) in [6, 6.07) is 15.2. The lowest BCUT2D eigenvalue weighted by Gasteiger charge is -2.10. The third kappa shape index (κ3) is 3.44. The average Bonchev–Trinajstić information content (AvgIpc) is 3.13. The van der Waals surface area contributed by atoms with Gasteiger partial charge >= 0.3 is 0 Å². The lowest BCUT2D eigenvalue weighted by atomic mass is 10.2. The number of benzene rings is 1. The number of para-hydroxylation sites is 1. The van der Waals surface area contributed by atoms with Gasteiger partial charge in [0.25, 0.3) is 0 Å². The molecule has 0 aliphatic carbocycles. The van der Waals surface area contributed by atoms with Crippen LogP contribution < -0.4 is 15.8 Å². The summed E-state index contributed by atoms with van der Waals surface area (Å²) in [7, 11) is 0. The van der Waals surface area contributed by atoms with Crippen LogP contribution >= 0.6 is 0 Å². The summed E-state index contributed by atoms with van der Waals surface area (Å²) in [6.45, 7) is 0.868. The SMILES string of the molecule is N#Cc1c(OCCNc2ccccc2)nc(N)nc1-c1ccco1. The summed E-state index contributed by atoms with van der Waals surface area (Å²) in [5.41, 5.74) is 7.22. The van der Waals surface area contributed by atoms with Crippen LogP contribution in [0.15, 0.2) is 53.1 Å². The van der Waals surface area contributed by atoms with Crippen LogP contribution in [0.4, 0.5) is 11.6 Å². The Morgan fingerprint density at radius 2 is 2.00 bits per heavy atom. The summed E-state index contributed by atoms with van der Waals surface area (Å²) >= 11 is 0. The van der Waals surface area contributed by atoms with Gasteiger partial charge in [0.2, 0.25) is 11.8 Å². The molecule has 3 N–H and O–H groups in total. The molecule has 0 saturated heterocycles. The number of ether oxygens (including phenoxy) is 1. The largest absolute Gasteiger partial charge is 0.475 e. The van der Waals surface area contributed by atoms with Crippen LogP contribution in [-0.4, -0.2) is 23.1 Å². The van der Waals surface area contributed by atoms with Gasteiger partial charge in [-0.25, -0.2) is 4.98 Å². The van der Waals surface area contributed by atoms with Crippen molar-refractivity contribution >= 4 is 11.6 Å². The van der Waals surface area contributed by atoms with Crippen LogP contribution in [0.25, 0.3) is 11.5 Å². The predicted molar refractivity (Wildman–Crippen MR) is 89.3 cm³/mol. The summed E-state index contributed by atoms with van der Waals surface area (Å²) < 4.78 is 10.9. The van der Waals surface area contributed by atoms with Crippen LogP contribution in [0.1, 0.15) is 5.56 Å². The maximum absolute atomic E-state index is 9.42. The maximum atomic E-state index is 9.42. The van der Waals surface area contributed by atoms with Crippen molar-refractivity contribution in [3.8, 4) is 23.4 Å². The predicted octanol–water partition coefficient (Wildman–Crippen LogP) is 2.68. The summed E-state index contributed by atoms with van der Waals surface area (Å²) in [5.74, 6) is 0.602. The van der Waals surface area contributed by atoms with E-state index in [4.69, 9.17) is 14.9 Å². The Morgan fingerprint density at radius 3 is 2.71 bits per heavy atom. The first kappa shape index (κ1) is 15.4. The van der Waals surface area contributed by atoms with Crippen molar-refractivity contribution in [3.63, 3.8) is 0 Å². The second-order valence-corrected chi connectivity index (χ2v) is 4.84. The highest BCUT2D eigenvalue weighted by atomic mass is 16.5. The maximum Gasteiger partial charge on any atom is 0.237 e. The molecule has 24 heavy (non-hydrogen) atoms. The van der Waals surface area contributed by atoms with E-state index < -0.39 is 0 Å². The fraction of sp³-hybridized carbons (Fsp3) is 0.118. The molecule has 3 aromatic rings. The van der Waals surface area contributed by atoms with E-state index in [0.29, 0.717) is 24.6 Å². The fourth-order valence-corrected chi connectivity index (χ4v) is 2.15. The molecule has 0 radical (unpaired) electrons. The van der Waals surface area contributed by atoms with Crippen LogP contribution in [0, 0.1) is 11.3 Å². The van der Waals surface area contributed by atoms with Gasteiger partial charge in [0.05, 0.1) is 6.26 Å². The van der Waals surface area contributed by atoms with E-state index in [-0.39, 0.29) is 17.4 Å². The summed E-state index contributed by atoms with van der Waals surface area (Å²) in [5, 5.41) is 12.6. The Kier molecular flexibility index (Phi) is 4.58. The number of anilines is 2. The zero-order valence-corrected chi connectivity index (χ0v) is 12.8. The number of hydrogen-bond donors (Lipinski definition) is 2. The molecule has 0 spiro atoms. The Hall–Kier alpha value is -3.53. The van der Waals surface area contributed by atoms with E-state index in [2.05, 4.69) is 21.4 Å². The number of nitriles is 1. The molecule has 1 aromatic carbocycles. The van der Waals surface area contributed by atoms with Crippen LogP contribution in [0.5, 0.6) is 5.88 Å². The van der Waals surface area contributed by atoms with Crippen molar-refractivity contribution in [2.75, 3.05) is 24.2 Å². The molecular formula is C17H15N5O2. The second kappa shape index (κ2) is 7.15. The molecule has 120 valence electrons. The zero-order chi connectivity index (χ0) is 16.8. The van der Waals surface area contributed by atoms with Crippen LogP contribution in [-0.2, 0) is 0 Å². The molecule has 7 nitrogen and oxygen atoms in total. The Morgan fingerprint density at radius 1 is 1.17 bits per heavy atom. The third-order valence-corrected chi connectivity index (χ3v) is 3.20. The minimum absolute atomic E-state index is 0.0198. The zero-order valence-electron chi connectivity index (χ0n) is 12.8. The molecule has 0 saturated carbocycles. The average molecular weight is 321 g/mol. The normalized spacial score (nSPS) is 10.1. The van der Waals surface area contributed by atoms with Crippen molar-refractivity contribution in [3.05, 3.63) is 54.3 Å². The molecule has 7 heteroatoms. The minimum atomic E-state index is 0.0198. The minimum Gasteiger partial charge on any atom is -0.475 e. The van der Waals surface area contributed by atoms with Gasteiger partial charge < -0.3 is 20.2 Å². The van der Waals surface area contributed by atoms with E-state index in [1.807, 2.05) is 30.3 Å². The monoisotopic (exact) mass is 321 g/mol. The number of rotatable bonds is 6. The first-order valence-corrected chi connectivity index (χ1v) is 7.31. The van der Waals surface area contributed by atoms with Gasteiger partial charge in [0.1, 0.15) is 23.9 Å². The van der Waals surface area contributed by atoms with Gasteiger partial charge in [0.15, 0.2) is 5.76 Å². The molecule has 2 aromatic heterocycles.